The van der Waals surface area contributed by atoms with Gasteiger partial charge >= 0.3 is 0 Å². The molecule has 0 spiro atoms. The number of H-pyrrole nitrogens is 1. The molecule has 1 aliphatic heterocycles. The van der Waals surface area contributed by atoms with Gasteiger partial charge in [-0.3, -0.25) is 9.59 Å². The monoisotopic (exact) mass is 599 g/mol. The van der Waals surface area contributed by atoms with E-state index < -0.39 is 6.10 Å². The van der Waals surface area contributed by atoms with Gasteiger partial charge in [0.05, 0.1) is 17.5 Å². The Hall–Kier alpha value is -5.31. The molecule has 2 unspecified atom stereocenters. The zero-order valence-electron chi connectivity index (χ0n) is 24.5. The molecule has 45 heavy (non-hydrogen) atoms. The van der Waals surface area contributed by atoms with E-state index in [4.69, 9.17) is 0 Å². The molecule has 2 heterocycles. The molecule has 1 aromatic heterocycles. The first kappa shape index (κ1) is 29.7. The Morgan fingerprint density at radius 1 is 0.933 bits per heavy atom. The number of nitrogens with one attached hydrogen (secondary N) is 2. The number of aldehydes is 1. The number of hydrogen-bond donors (Lipinski definition) is 4. The van der Waals surface area contributed by atoms with Crippen molar-refractivity contribution >= 4 is 28.7 Å². The van der Waals surface area contributed by atoms with Crippen molar-refractivity contribution in [1.82, 2.24) is 15.2 Å². The van der Waals surface area contributed by atoms with Gasteiger partial charge in [-0.25, -0.2) is 0 Å². The molecule has 5 aromatic rings. The van der Waals surface area contributed by atoms with Gasteiger partial charge in [0.1, 0.15) is 12.0 Å². The first-order chi connectivity index (χ1) is 21.9. The van der Waals surface area contributed by atoms with Gasteiger partial charge < -0.3 is 30.2 Å². The van der Waals surface area contributed by atoms with Crippen LogP contribution in [-0.2, 0) is 11.3 Å². The molecule has 0 aliphatic carbocycles. The van der Waals surface area contributed by atoms with Crippen molar-refractivity contribution in [3.8, 4) is 5.75 Å². The Labute approximate surface area is 260 Å². The minimum Gasteiger partial charge on any atom is -0.506 e. The molecule has 4 aromatic carbocycles. The summed E-state index contributed by atoms with van der Waals surface area (Å²) in [5, 5.41) is 24.7. The summed E-state index contributed by atoms with van der Waals surface area (Å²) in [5.74, 6) is -0.454. The maximum absolute atomic E-state index is 13.3. The van der Waals surface area contributed by atoms with Gasteiger partial charge in [0.15, 0.2) is 0 Å². The van der Waals surface area contributed by atoms with Gasteiger partial charge in [0.25, 0.3) is 5.91 Å². The van der Waals surface area contributed by atoms with Crippen molar-refractivity contribution in [2.24, 2.45) is 0 Å². The van der Waals surface area contributed by atoms with E-state index in [1.807, 2.05) is 78.9 Å². The third-order valence-electron chi connectivity index (χ3n) is 8.25. The third-order valence-corrected chi connectivity index (χ3v) is 8.25. The molecule has 1 amide bonds. The second-order valence-electron chi connectivity index (χ2n) is 11.2. The van der Waals surface area contributed by atoms with Gasteiger partial charge in [-0.05, 0) is 57.7 Å². The molecule has 8 heteroatoms. The summed E-state index contributed by atoms with van der Waals surface area (Å²) in [5.41, 5.74) is 6.03. The van der Waals surface area contributed by atoms with Gasteiger partial charge in [0.2, 0.25) is 5.56 Å². The molecule has 0 fully saturated rings. The van der Waals surface area contributed by atoms with Crippen LogP contribution in [0.15, 0.2) is 114 Å². The lowest BCUT2D eigenvalue weighted by Crippen LogP contribution is -2.28. The Morgan fingerprint density at radius 2 is 1.71 bits per heavy atom. The van der Waals surface area contributed by atoms with Gasteiger partial charge in [-0.15, -0.1) is 0 Å². The Bertz CT molecular complexity index is 1930. The van der Waals surface area contributed by atoms with E-state index in [0.29, 0.717) is 41.7 Å². The number of aromatic nitrogens is 1. The highest BCUT2D eigenvalue weighted by molar-refractivity contribution is 5.96. The summed E-state index contributed by atoms with van der Waals surface area (Å²) in [6.07, 6.45) is 2.17. The largest absolute Gasteiger partial charge is 0.506 e. The maximum atomic E-state index is 13.3. The molecule has 0 radical (unpaired) electrons. The number of aromatic hydroxyl groups is 1. The molecule has 6 rings (SSSR count). The highest BCUT2D eigenvalue weighted by Crippen LogP contribution is 2.30. The summed E-state index contributed by atoms with van der Waals surface area (Å²) < 4.78 is 0. The summed E-state index contributed by atoms with van der Waals surface area (Å²) >= 11 is 0. The van der Waals surface area contributed by atoms with Crippen LogP contribution in [-0.4, -0.2) is 51.9 Å². The zero-order valence-corrected chi connectivity index (χ0v) is 24.5. The van der Waals surface area contributed by atoms with Crippen LogP contribution >= 0.6 is 0 Å². The van der Waals surface area contributed by atoms with Crippen LogP contribution in [0.4, 0.5) is 0 Å². The van der Waals surface area contributed by atoms with Crippen molar-refractivity contribution in [1.29, 1.82) is 0 Å². The number of nitrogens with zero attached hydrogens (tertiary/aromatic N) is 1. The number of pyridine rings is 1. The second-order valence-corrected chi connectivity index (χ2v) is 11.2. The maximum Gasteiger partial charge on any atom is 0.254 e. The van der Waals surface area contributed by atoms with Crippen LogP contribution < -0.4 is 10.9 Å². The van der Waals surface area contributed by atoms with E-state index in [-0.39, 0.29) is 29.7 Å². The molecule has 8 nitrogen and oxygen atoms in total. The van der Waals surface area contributed by atoms with Crippen molar-refractivity contribution < 1.29 is 19.8 Å². The zero-order chi connectivity index (χ0) is 31.3. The third kappa shape index (κ3) is 6.47. The highest BCUT2D eigenvalue weighted by atomic mass is 16.3. The van der Waals surface area contributed by atoms with Crippen LogP contribution in [0, 0.1) is 0 Å². The van der Waals surface area contributed by atoms with Crippen molar-refractivity contribution in [2.75, 3.05) is 19.6 Å². The molecular weight excluding hydrogens is 566 g/mol. The van der Waals surface area contributed by atoms with E-state index in [9.17, 15) is 24.6 Å². The Balaban J connectivity index is 1.04. The number of phenolic OH excluding ortho intramolecular Hbond substituents is 1. The standard InChI is InChI=1S/C37H33N3O5/c41-23-32(25-5-2-1-3-6-25)28-8-4-7-27(19-28)29-17-18-40(22-29)37(45)26-11-9-24(10-12-26)20-38-21-34(43)30-13-15-33(42)36-31(30)14-16-35(44)39-36/h1-17,19,23,32,34,38,42-43H,18,20-22H2,(H,39,44). The van der Waals surface area contributed by atoms with Crippen LogP contribution in [0.1, 0.15) is 50.2 Å². The van der Waals surface area contributed by atoms with Crippen LogP contribution in [0.5, 0.6) is 5.75 Å². The number of aliphatic hydroxyl groups excluding tert-OH is 1. The first-order valence-corrected chi connectivity index (χ1v) is 14.8. The van der Waals surface area contributed by atoms with Crippen LogP contribution in [0.3, 0.4) is 0 Å². The number of phenols is 1. The average Bonchev–Trinajstić information content (AvgIpc) is 3.57. The summed E-state index contributed by atoms with van der Waals surface area (Å²) in [7, 11) is 0. The minimum atomic E-state index is -0.861. The predicted octanol–water partition coefficient (Wildman–Crippen LogP) is 4.93. The first-order valence-electron chi connectivity index (χ1n) is 14.8. The molecule has 226 valence electrons. The summed E-state index contributed by atoms with van der Waals surface area (Å²) in [4.78, 5) is 41.4. The summed E-state index contributed by atoms with van der Waals surface area (Å²) in [6, 6.07) is 31.1. The minimum absolute atomic E-state index is 0.0528. The Morgan fingerprint density at radius 3 is 2.49 bits per heavy atom. The fourth-order valence-corrected chi connectivity index (χ4v) is 5.82. The number of hydrogen-bond acceptors (Lipinski definition) is 6. The number of aromatic amines is 1. The Kier molecular flexibility index (Phi) is 8.68. The van der Waals surface area contributed by atoms with Crippen molar-refractivity contribution in [3.05, 3.63) is 153 Å². The summed E-state index contributed by atoms with van der Waals surface area (Å²) in [6.45, 7) is 1.73. The van der Waals surface area contributed by atoms with Gasteiger partial charge in [0, 0.05) is 43.2 Å². The smallest absolute Gasteiger partial charge is 0.254 e. The molecule has 0 bridgehead atoms. The lowest BCUT2D eigenvalue weighted by molar-refractivity contribution is -0.108. The van der Waals surface area contributed by atoms with Gasteiger partial charge in [-0.1, -0.05) is 78.9 Å². The molecule has 1 aliphatic rings. The number of fused-ring (bicyclic) bond motifs is 1. The molecular formula is C37H33N3O5. The number of benzene rings is 4. The lowest BCUT2D eigenvalue weighted by atomic mass is 9.90. The van der Waals surface area contributed by atoms with E-state index in [1.165, 1.54) is 12.1 Å². The fraction of sp³-hybridized carbons (Fsp3) is 0.162. The van der Waals surface area contributed by atoms with Gasteiger partial charge in [-0.2, -0.15) is 0 Å². The molecule has 0 saturated heterocycles. The number of carbonyl (C=O) groups excluding carboxylic acids is 2. The average molecular weight is 600 g/mol. The fourth-order valence-electron chi connectivity index (χ4n) is 5.82. The predicted molar refractivity (Wildman–Crippen MR) is 174 cm³/mol. The van der Waals surface area contributed by atoms with Crippen LogP contribution in [0.2, 0.25) is 0 Å². The molecule has 0 saturated carbocycles. The highest BCUT2D eigenvalue weighted by Gasteiger charge is 2.23. The topological polar surface area (TPSA) is 123 Å². The number of amides is 1. The molecule has 2 atom stereocenters. The van der Waals surface area contributed by atoms with Crippen molar-refractivity contribution in [3.63, 3.8) is 0 Å². The normalized spacial score (nSPS) is 14.2. The number of carbonyl (C=O) groups is 2. The second kappa shape index (κ2) is 13.1. The number of rotatable bonds is 10. The number of aliphatic hydroxyl groups is 1. The molecule has 4 N–H and O–H groups in total. The van der Waals surface area contributed by atoms with E-state index >= 15 is 0 Å². The van der Waals surface area contributed by atoms with Crippen LogP contribution in [0.25, 0.3) is 16.5 Å². The van der Waals surface area contributed by atoms with E-state index in [1.54, 1.807) is 17.0 Å². The van der Waals surface area contributed by atoms with Crippen molar-refractivity contribution in [2.45, 2.75) is 18.6 Å². The lowest BCUT2D eigenvalue weighted by Gasteiger charge is -2.18. The quantitative estimate of drug-likeness (QED) is 0.169. The SMILES string of the molecule is O=CC(c1ccccc1)c1cccc(C2=CCN(C(=O)c3ccc(CNCC(O)c4ccc(O)c5[nH]c(=O)ccc45)cc3)C2)c1. The van der Waals surface area contributed by atoms with E-state index in [0.717, 1.165) is 34.1 Å². The van der Waals surface area contributed by atoms with E-state index in [2.05, 4.69) is 16.4 Å².